The van der Waals surface area contributed by atoms with Crippen LogP contribution in [0.5, 0.6) is 0 Å². The van der Waals surface area contributed by atoms with Crippen molar-refractivity contribution in [1.82, 2.24) is 9.97 Å². The maximum absolute atomic E-state index is 12.9. The molecule has 0 saturated heterocycles. The maximum atomic E-state index is 12.9. The topological polar surface area (TPSA) is 97.1 Å². The fraction of sp³-hybridized carbons (Fsp3) is 0.150. The van der Waals surface area contributed by atoms with Gasteiger partial charge in [-0.1, -0.05) is 30.3 Å². The molecule has 3 aromatic rings. The third-order valence-corrected chi connectivity index (χ3v) is 8.28. The van der Waals surface area contributed by atoms with Crippen molar-refractivity contribution in [3.63, 3.8) is 0 Å². The lowest BCUT2D eigenvalue weighted by molar-refractivity contribution is 0.0979. The lowest BCUT2D eigenvalue weighted by Gasteiger charge is -2.15. The SMILES string of the molecule is CSCC[Si@H](NC(=O)c1ccc(N)cc1)C(=O)Nc1nc(-c2ccccc2)cs1. The van der Waals surface area contributed by atoms with E-state index in [1.54, 1.807) is 36.0 Å². The van der Waals surface area contributed by atoms with Crippen LogP contribution in [0.2, 0.25) is 6.04 Å². The first kappa shape index (κ1) is 21.1. The lowest BCUT2D eigenvalue weighted by atomic mass is 10.2. The third kappa shape index (κ3) is 5.93. The van der Waals surface area contributed by atoms with Crippen LogP contribution in [0.1, 0.15) is 10.4 Å². The van der Waals surface area contributed by atoms with Gasteiger partial charge in [-0.05, 0) is 42.3 Å². The Morgan fingerprint density at radius 3 is 2.55 bits per heavy atom. The zero-order valence-corrected chi connectivity index (χ0v) is 18.7. The van der Waals surface area contributed by atoms with Crippen molar-refractivity contribution in [3.05, 3.63) is 65.5 Å². The van der Waals surface area contributed by atoms with Gasteiger partial charge in [-0.3, -0.25) is 9.59 Å². The van der Waals surface area contributed by atoms with Gasteiger partial charge < -0.3 is 16.0 Å². The summed E-state index contributed by atoms with van der Waals surface area (Å²) in [5.41, 5.74) is 8.44. The van der Waals surface area contributed by atoms with Gasteiger partial charge >= 0.3 is 0 Å². The van der Waals surface area contributed by atoms with Gasteiger partial charge in [0.1, 0.15) is 0 Å². The zero-order valence-electron chi connectivity index (χ0n) is 15.9. The Morgan fingerprint density at radius 1 is 1.14 bits per heavy atom. The zero-order chi connectivity index (χ0) is 20.6. The standard InChI is InChI=1S/C20H22N4O2S2Si/c1-27-11-12-29(24-18(25)15-7-9-16(21)10-8-15)20(26)23-19-22-17(13-28-19)14-5-3-2-4-6-14/h2-10,13,29H,11-12,21H2,1H3,(H,24,25)(H,22,23,26)/t29-/m0/s1. The highest BCUT2D eigenvalue weighted by Gasteiger charge is 2.24. The molecule has 3 rings (SSSR count). The first-order chi connectivity index (χ1) is 14.1. The maximum Gasteiger partial charge on any atom is 0.244 e. The van der Waals surface area contributed by atoms with Crippen LogP contribution in [0, 0.1) is 0 Å². The molecule has 9 heteroatoms. The van der Waals surface area contributed by atoms with Crippen molar-refractivity contribution >= 4 is 54.3 Å². The first-order valence-corrected chi connectivity index (χ1v) is 13.3. The Kier molecular flexibility index (Phi) is 7.45. The average molecular weight is 443 g/mol. The number of thioether (sulfide) groups is 1. The van der Waals surface area contributed by atoms with Crippen molar-refractivity contribution < 1.29 is 9.59 Å². The molecular weight excluding hydrogens is 420 g/mol. The molecular formula is C20H22N4O2S2Si. The van der Waals surface area contributed by atoms with E-state index in [2.05, 4.69) is 15.3 Å². The fourth-order valence-corrected chi connectivity index (χ4v) is 6.69. The van der Waals surface area contributed by atoms with Gasteiger partial charge in [0.15, 0.2) is 5.13 Å². The van der Waals surface area contributed by atoms with E-state index in [4.69, 9.17) is 5.73 Å². The Morgan fingerprint density at radius 2 is 1.86 bits per heavy atom. The van der Waals surface area contributed by atoms with Crippen LogP contribution < -0.4 is 16.0 Å². The molecule has 0 unspecified atom stereocenters. The Balaban J connectivity index is 1.68. The largest absolute Gasteiger partial charge is 0.399 e. The number of nitrogen functional groups attached to an aromatic ring is 1. The van der Waals surface area contributed by atoms with Crippen LogP contribution in [0.3, 0.4) is 0 Å². The number of nitrogens with two attached hydrogens (primary N) is 1. The van der Waals surface area contributed by atoms with Crippen LogP contribution in [-0.4, -0.2) is 37.4 Å². The van der Waals surface area contributed by atoms with E-state index in [1.807, 2.05) is 42.0 Å². The first-order valence-electron chi connectivity index (χ1n) is 9.04. The summed E-state index contributed by atoms with van der Waals surface area (Å²) in [6, 6.07) is 17.1. The molecule has 0 spiro atoms. The highest BCUT2D eigenvalue weighted by molar-refractivity contribution is 7.98. The molecule has 0 aliphatic heterocycles. The number of aromatic nitrogens is 1. The summed E-state index contributed by atoms with van der Waals surface area (Å²) >= 11 is 3.03. The van der Waals surface area contributed by atoms with E-state index in [-0.39, 0.29) is 11.4 Å². The predicted molar refractivity (Wildman–Crippen MR) is 125 cm³/mol. The van der Waals surface area contributed by atoms with Crippen LogP contribution in [0.15, 0.2) is 60.0 Å². The third-order valence-electron chi connectivity index (χ3n) is 4.21. The molecule has 0 aliphatic carbocycles. The highest BCUT2D eigenvalue weighted by Crippen LogP contribution is 2.24. The van der Waals surface area contributed by atoms with Gasteiger partial charge in [-0.2, -0.15) is 11.8 Å². The number of nitrogens with zero attached hydrogens (tertiary/aromatic N) is 1. The number of thiazole rings is 1. The molecule has 150 valence electrons. The van der Waals surface area contributed by atoms with E-state index in [0.29, 0.717) is 22.4 Å². The minimum Gasteiger partial charge on any atom is -0.399 e. The molecule has 1 heterocycles. The number of anilines is 2. The Hall–Kier alpha value is -2.62. The molecule has 0 saturated carbocycles. The molecule has 2 aromatic carbocycles. The van der Waals surface area contributed by atoms with E-state index in [0.717, 1.165) is 17.0 Å². The molecule has 0 aliphatic rings. The van der Waals surface area contributed by atoms with Crippen molar-refractivity contribution in [3.8, 4) is 11.3 Å². The van der Waals surface area contributed by atoms with Crippen molar-refractivity contribution in [2.24, 2.45) is 0 Å². The van der Waals surface area contributed by atoms with Crippen molar-refractivity contribution in [2.45, 2.75) is 6.04 Å². The molecule has 1 aromatic heterocycles. The van der Waals surface area contributed by atoms with Gasteiger partial charge in [-0.25, -0.2) is 4.98 Å². The highest BCUT2D eigenvalue weighted by atomic mass is 32.2. The Bertz CT molecular complexity index is 964. The van der Waals surface area contributed by atoms with Gasteiger partial charge in [0.2, 0.25) is 20.4 Å². The molecule has 6 nitrogen and oxygen atoms in total. The second-order valence-corrected chi connectivity index (χ2v) is 10.7. The molecule has 0 radical (unpaired) electrons. The van der Waals surface area contributed by atoms with E-state index >= 15 is 0 Å². The number of benzene rings is 2. The van der Waals surface area contributed by atoms with Crippen LogP contribution in [-0.2, 0) is 0 Å². The number of carbonyl (C=O) groups is 2. The lowest BCUT2D eigenvalue weighted by Crippen LogP contribution is -2.47. The average Bonchev–Trinajstić information content (AvgIpc) is 3.20. The fourth-order valence-electron chi connectivity index (χ4n) is 2.65. The molecule has 29 heavy (non-hydrogen) atoms. The van der Waals surface area contributed by atoms with Gasteiger partial charge in [0.05, 0.1) is 5.69 Å². The van der Waals surface area contributed by atoms with E-state index < -0.39 is 8.96 Å². The van der Waals surface area contributed by atoms with Crippen LogP contribution >= 0.6 is 23.1 Å². The number of rotatable bonds is 8. The molecule has 0 bridgehead atoms. The van der Waals surface area contributed by atoms with Gasteiger partial charge in [-0.15, -0.1) is 11.3 Å². The van der Waals surface area contributed by atoms with Gasteiger partial charge in [0, 0.05) is 22.2 Å². The number of nitrogens with one attached hydrogen (secondary N) is 2. The smallest absolute Gasteiger partial charge is 0.244 e. The summed E-state index contributed by atoms with van der Waals surface area (Å²) in [5, 5.41) is 5.35. The summed E-state index contributed by atoms with van der Waals surface area (Å²) in [7, 11) is -2.25. The van der Waals surface area contributed by atoms with Gasteiger partial charge in [0.25, 0.3) is 0 Å². The summed E-state index contributed by atoms with van der Waals surface area (Å²) in [6.45, 7) is 0. The van der Waals surface area contributed by atoms with E-state index in [9.17, 15) is 9.59 Å². The van der Waals surface area contributed by atoms with Crippen LogP contribution in [0.4, 0.5) is 15.6 Å². The molecule has 1 atom stereocenters. The summed E-state index contributed by atoms with van der Waals surface area (Å²) in [6.07, 6.45) is 1.98. The number of hydrogen-bond donors (Lipinski definition) is 3. The quantitative estimate of drug-likeness (QED) is 0.362. The molecule has 0 fully saturated rings. The monoisotopic (exact) mass is 442 g/mol. The van der Waals surface area contributed by atoms with Crippen molar-refractivity contribution in [2.75, 3.05) is 23.1 Å². The normalized spacial score (nSPS) is 11.6. The second kappa shape index (κ2) is 10.2. The minimum absolute atomic E-state index is 0.142. The van der Waals surface area contributed by atoms with Crippen LogP contribution in [0.25, 0.3) is 11.3 Å². The summed E-state index contributed by atoms with van der Waals surface area (Å²) in [4.78, 5) is 32.9. The summed E-state index contributed by atoms with van der Waals surface area (Å²) < 4.78 is 0. The minimum atomic E-state index is -2.25. The molecule has 2 amide bonds. The Labute approximate surface area is 179 Å². The van der Waals surface area contributed by atoms with Crippen molar-refractivity contribution in [1.29, 1.82) is 0 Å². The predicted octanol–water partition coefficient (Wildman–Crippen LogP) is 4.02. The second-order valence-electron chi connectivity index (χ2n) is 6.32. The molecule has 4 N–H and O–H groups in total. The summed E-state index contributed by atoms with van der Waals surface area (Å²) in [5.74, 6) is 0.557. The number of hydrogen-bond acceptors (Lipinski definition) is 6. The number of carbonyl (C=O) groups excluding carboxylic acids is 2. The van der Waals surface area contributed by atoms with E-state index in [1.165, 1.54) is 11.3 Å². The number of amides is 2.